The zero-order valence-electron chi connectivity index (χ0n) is 10.2. The molecule has 0 aliphatic rings. The van der Waals surface area contributed by atoms with Crippen LogP contribution in [0.4, 0.5) is 0 Å². The van der Waals surface area contributed by atoms with E-state index in [1.54, 1.807) is 7.11 Å². The molecule has 0 aliphatic heterocycles. The van der Waals surface area contributed by atoms with Crippen LogP contribution in [0.15, 0.2) is 18.2 Å². The van der Waals surface area contributed by atoms with Crippen molar-refractivity contribution in [2.45, 2.75) is 25.7 Å². The third-order valence-corrected chi connectivity index (χ3v) is 3.38. The molecular formula is C13H17IO3. The first kappa shape index (κ1) is 14.3. The van der Waals surface area contributed by atoms with Gasteiger partial charge in [0.05, 0.1) is 17.8 Å². The summed E-state index contributed by atoms with van der Waals surface area (Å²) < 4.78 is 10.9. The molecule has 0 radical (unpaired) electrons. The fourth-order valence-corrected chi connectivity index (χ4v) is 2.37. The van der Waals surface area contributed by atoms with Crippen LogP contribution >= 0.6 is 22.6 Å². The average Bonchev–Trinajstić information content (AvgIpc) is 2.34. The van der Waals surface area contributed by atoms with E-state index < -0.39 is 0 Å². The lowest BCUT2D eigenvalue weighted by molar-refractivity contribution is -0.140. The molecule has 0 spiro atoms. The van der Waals surface area contributed by atoms with Crippen LogP contribution in [0, 0.1) is 3.57 Å². The summed E-state index contributed by atoms with van der Waals surface area (Å²) in [6.45, 7) is 0. The number of ether oxygens (including phenoxy) is 2. The van der Waals surface area contributed by atoms with Crippen molar-refractivity contribution in [3.05, 3.63) is 27.3 Å². The highest BCUT2D eigenvalue weighted by Gasteiger charge is 2.03. The minimum atomic E-state index is -0.130. The van der Waals surface area contributed by atoms with Gasteiger partial charge in [-0.15, -0.1) is 0 Å². The summed E-state index contributed by atoms with van der Waals surface area (Å²) >= 11 is 2.26. The van der Waals surface area contributed by atoms with Crippen LogP contribution in [0.3, 0.4) is 0 Å². The molecule has 0 saturated heterocycles. The van der Waals surface area contributed by atoms with Gasteiger partial charge in [-0.2, -0.15) is 0 Å². The second-order valence-corrected chi connectivity index (χ2v) is 4.91. The van der Waals surface area contributed by atoms with Crippen molar-refractivity contribution in [2.24, 2.45) is 0 Å². The first-order valence-electron chi connectivity index (χ1n) is 5.56. The number of rotatable bonds is 6. The van der Waals surface area contributed by atoms with Crippen molar-refractivity contribution in [1.29, 1.82) is 0 Å². The van der Waals surface area contributed by atoms with Crippen molar-refractivity contribution >= 4 is 28.6 Å². The number of halogens is 1. The van der Waals surface area contributed by atoms with Gasteiger partial charge in [0.2, 0.25) is 0 Å². The number of benzene rings is 1. The monoisotopic (exact) mass is 348 g/mol. The summed E-state index contributed by atoms with van der Waals surface area (Å²) in [7, 11) is 3.10. The van der Waals surface area contributed by atoms with Gasteiger partial charge in [0.25, 0.3) is 0 Å². The van der Waals surface area contributed by atoms with Gasteiger partial charge in [0, 0.05) is 6.42 Å². The molecule has 0 aliphatic carbocycles. The molecule has 1 aromatic carbocycles. The standard InChI is InChI=1S/C13H17IO3/c1-16-12-8-7-10(9-11(12)14)5-3-4-6-13(15)17-2/h7-9H,3-6H2,1-2H3. The van der Waals surface area contributed by atoms with E-state index in [0.717, 1.165) is 28.6 Å². The molecule has 0 atom stereocenters. The molecule has 1 aromatic rings. The van der Waals surface area contributed by atoms with E-state index in [-0.39, 0.29) is 5.97 Å². The Morgan fingerprint density at radius 1 is 1.29 bits per heavy atom. The number of aryl methyl sites for hydroxylation is 1. The van der Waals surface area contributed by atoms with E-state index in [4.69, 9.17) is 4.74 Å². The van der Waals surface area contributed by atoms with Crippen molar-refractivity contribution in [1.82, 2.24) is 0 Å². The van der Waals surface area contributed by atoms with Crippen LogP contribution in [0.1, 0.15) is 24.8 Å². The molecule has 0 fully saturated rings. The smallest absolute Gasteiger partial charge is 0.305 e. The maximum absolute atomic E-state index is 10.9. The largest absolute Gasteiger partial charge is 0.496 e. The van der Waals surface area contributed by atoms with Crippen LogP contribution in [0.2, 0.25) is 0 Å². The Morgan fingerprint density at radius 3 is 2.65 bits per heavy atom. The van der Waals surface area contributed by atoms with Crippen LogP contribution in [-0.4, -0.2) is 20.2 Å². The highest BCUT2D eigenvalue weighted by molar-refractivity contribution is 14.1. The summed E-state index contributed by atoms with van der Waals surface area (Å²) in [6.07, 6.45) is 3.35. The predicted molar refractivity (Wildman–Crippen MR) is 75.3 cm³/mol. The van der Waals surface area contributed by atoms with E-state index >= 15 is 0 Å². The van der Waals surface area contributed by atoms with Gasteiger partial charge < -0.3 is 9.47 Å². The van der Waals surface area contributed by atoms with E-state index in [2.05, 4.69) is 39.5 Å². The molecule has 94 valence electrons. The number of carbonyl (C=O) groups is 1. The molecule has 0 bridgehead atoms. The molecule has 4 heteroatoms. The van der Waals surface area contributed by atoms with Crippen molar-refractivity contribution < 1.29 is 14.3 Å². The van der Waals surface area contributed by atoms with E-state index in [1.165, 1.54) is 12.7 Å². The summed E-state index contributed by atoms with van der Waals surface area (Å²) in [6, 6.07) is 6.17. The maximum atomic E-state index is 10.9. The third kappa shape index (κ3) is 4.93. The van der Waals surface area contributed by atoms with Crippen molar-refractivity contribution in [2.75, 3.05) is 14.2 Å². The number of hydrogen-bond acceptors (Lipinski definition) is 3. The van der Waals surface area contributed by atoms with Crippen LogP contribution in [0.25, 0.3) is 0 Å². The number of esters is 1. The van der Waals surface area contributed by atoms with Crippen molar-refractivity contribution in [3.63, 3.8) is 0 Å². The molecule has 0 amide bonds. The minimum absolute atomic E-state index is 0.130. The number of hydrogen-bond donors (Lipinski definition) is 0. The lowest BCUT2D eigenvalue weighted by Crippen LogP contribution is -1.99. The van der Waals surface area contributed by atoms with Gasteiger partial charge in [-0.1, -0.05) is 6.07 Å². The fourth-order valence-electron chi connectivity index (χ4n) is 1.57. The lowest BCUT2D eigenvalue weighted by atomic mass is 10.1. The fraction of sp³-hybridized carbons (Fsp3) is 0.462. The molecular weight excluding hydrogens is 331 g/mol. The van der Waals surface area contributed by atoms with E-state index in [1.807, 2.05) is 6.07 Å². The molecule has 3 nitrogen and oxygen atoms in total. The summed E-state index contributed by atoms with van der Waals surface area (Å²) in [4.78, 5) is 10.9. The normalized spacial score (nSPS) is 10.1. The Bertz CT molecular complexity index is 377. The molecule has 0 aromatic heterocycles. The van der Waals surface area contributed by atoms with Gasteiger partial charge in [0.15, 0.2) is 0 Å². The van der Waals surface area contributed by atoms with Gasteiger partial charge in [-0.3, -0.25) is 4.79 Å². The Labute approximate surface area is 116 Å². The van der Waals surface area contributed by atoms with Crippen LogP contribution < -0.4 is 4.74 Å². The number of unbranched alkanes of at least 4 members (excludes halogenated alkanes) is 1. The van der Waals surface area contributed by atoms with E-state index in [0.29, 0.717) is 6.42 Å². The quantitative estimate of drug-likeness (QED) is 0.450. The topological polar surface area (TPSA) is 35.5 Å². The first-order valence-corrected chi connectivity index (χ1v) is 6.64. The van der Waals surface area contributed by atoms with Crippen LogP contribution in [0.5, 0.6) is 5.75 Å². The number of methoxy groups -OCH3 is 2. The zero-order chi connectivity index (χ0) is 12.7. The SMILES string of the molecule is COC(=O)CCCCc1ccc(OC)c(I)c1. The molecule has 0 heterocycles. The van der Waals surface area contributed by atoms with Gasteiger partial charge in [0.1, 0.15) is 5.75 Å². The Morgan fingerprint density at radius 2 is 2.06 bits per heavy atom. The Hall–Kier alpha value is -0.780. The number of carbonyl (C=O) groups excluding carboxylic acids is 1. The highest BCUT2D eigenvalue weighted by atomic mass is 127. The Balaban J connectivity index is 2.37. The first-order chi connectivity index (χ1) is 8.17. The minimum Gasteiger partial charge on any atom is -0.496 e. The second-order valence-electron chi connectivity index (χ2n) is 3.75. The highest BCUT2D eigenvalue weighted by Crippen LogP contribution is 2.22. The van der Waals surface area contributed by atoms with Gasteiger partial charge >= 0.3 is 5.97 Å². The molecule has 17 heavy (non-hydrogen) atoms. The van der Waals surface area contributed by atoms with Crippen LogP contribution in [-0.2, 0) is 16.0 Å². The van der Waals surface area contributed by atoms with E-state index in [9.17, 15) is 4.79 Å². The van der Waals surface area contributed by atoms with Gasteiger partial charge in [-0.05, 0) is 59.5 Å². The summed E-state index contributed by atoms with van der Waals surface area (Å²) in [5.41, 5.74) is 1.28. The third-order valence-electron chi connectivity index (χ3n) is 2.54. The lowest BCUT2D eigenvalue weighted by Gasteiger charge is -2.06. The summed E-state index contributed by atoms with van der Waals surface area (Å²) in [5.74, 6) is 0.776. The zero-order valence-corrected chi connectivity index (χ0v) is 12.3. The molecule has 0 N–H and O–H groups in total. The average molecular weight is 348 g/mol. The second kappa shape index (κ2) is 7.53. The molecule has 1 rings (SSSR count). The Kier molecular flexibility index (Phi) is 6.32. The van der Waals surface area contributed by atoms with Gasteiger partial charge in [-0.25, -0.2) is 0 Å². The predicted octanol–water partition coefficient (Wildman–Crippen LogP) is 3.19. The molecule has 0 saturated carbocycles. The summed E-state index contributed by atoms with van der Waals surface area (Å²) in [5, 5.41) is 0. The van der Waals surface area contributed by atoms with Crippen molar-refractivity contribution in [3.8, 4) is 5.75 Å². The molecule has 0 unspecified atom stereocenters. The maximum Gasteiger partial charge on any atom is 0.305 e.